The lowest BCUT2D eigenvalue weighted by molar-refractivity contribution is 0.229. The molecule has 0 bridgehead atoms. The summed E-state index contributed by atoms with van der Waals surface area (Å²) in [5, 5.41) is 5.21. The molecule has 0 radical (unpaired) electrons. The normalized spacial score (nSPS) is 16.7. The van der Waals surface area contributed by atoms with E-state index in [4.69, 9.17) is 14.7 Å². The van der Waals surface area contributed by atoms with Gasteiger partial charge in [0.05, 0.1) is 18.2 Å². The van der Waals surface area contributed by atoms with Crippen molar-refractivity contribution in [1.82, 2.24) is 10.1 Å². The highest BCUT2D eigenvalue weighted by Gasteiger charge is 2.39. The van der Waals surface area contributed by atoms with Crippen LogP contribution >= 0.6 is 0 Å². The van der Waals surface area contributed by atoms with Crippen molar-refractivity contribution < 1.29 is 8.94 Å². The first-order valence-corrected chi connectivity index (χ1v) is 8.59. The van der Waals surface area contributed by atoms with E-state index in [2.05, 4.69) is 43.0 Å². The number of aromatic nitrogens is 2. The highest BCUT2D eigenvalue weighted by molar-refractivity contribution is 5.83. The number of nitrogens with two attached hydrogens (primary N) is 1. The molecule has 126 valence electrons. The highest BCUT2D eigenvalue weighted by Crippen LogP contribution is 2.37. The maximum atomic E-state index is 6.27. The molecule has 0 saturated heterocycles. The predicted octanol–water partition coefficient (Wildman–Crippen LogP) is 4.18. The predicted molar refractivity (Wildman–Crippen MR) is 91.9 cm³/mol. The third-order valence-electron chi connectivity index (χ3n) is 5.17. The molecule has 1 aromatic carbocycles. The SMILES string of the molecule is Cc1cc2occ(Cc3nc(C4(N)CCC4)no3)c2cc1C(C)C. The van der Waals surface area contributed by atoms with Crippen molar-refractivity contribution in [2.24, 2.45) is 5.73 Å². The number of hydrogen-bond donors (Lipinski definition) is 1. The molecule has 3 aromatic rings. The summed E-state index contributed by atoms with van der Waals surface area (Å²) in [6.07, 6.45) is 5.34. The Morgan fingerprint density at radius 1 is 1.29 bits per heavy atom. The van der Waals surface area contributed by atoms with Crippen LogP contribution in [-0.2, 0) is 12.0 Å². The Labute approximate surface area is 141 Å². The Balaban J connectivity index is 1.66. The van der Waals surface area contributed by atoms with Gasteiger partial charge in [0.1, 0.15) is 5.58 Å². The van der Waals surface area contributed by atoms with Crippen molar-refractivity contribution in [1.29, 1.82) is 0 Å². The van der Waals surface area contributed by atoms with E-state index >= 15 is 0 Å². The smallest absolute Gasteiger partial charge is 0.231 e. The van der Waals surface area contributed by atoms with Crippen LogP contribution in [0.1, 0.15) is 67.4 Å². The van der Waals surface area contributed by atoms with Gasteiger partial charge in [0.2, 0.25) is 5.89 Å². The summed E-state index contributed by atoms with van der Waals surface area (Å²) in [7, 11) is 0. The van der Waals surface area contributed by atoms with E-state index in [0.717, 1.165) is 35.8 Å². The standard InChI is InChI=1S/C19H23N3O2/c1-11(2)14-9-15-13(10-23-16(15)7-12(14)3)8-17-21-18(22-24-17)19(20)5-4-6-19/h7,9-11H,4-6,8,20H2,1-3H3. The first-order chi connectivity index (χ1) is 11.5. The maximum absolute atomic E-state index is 6.27. The van der Waals surface area contributed by atoms with Crippen molar-refractivity contribution in [2.45, 2.75) is 57.9 Å². The number of rotatable bonds is 4. The summed E-state index contributed by atoms with van der Waals surface area (Å²) in [5.74, 6) is 1.70. The van der Waals surface area contributed by atoms with Crippen molar-refractivity contribution in [2.75, 3.05) is 0 Å². The monoisotopic (exact) mass is 325 g/mol. The molecular weight excluding hydrogens is 302 g/mol. The minimum absolute atomic E-state index is 0.387. The van der Waals surface area contributed by atoms with Crippen molar-refractivity contribution in [3.05, 3.63) is 46.8 Å². The fourth-order valence-corrected chi connectivity index (χ4v) is 3.48. The molecule has 1 fully saturated rings. The molecule has 5 heteroatoms. The Hall–Kier alpha value is -2.14. The minimum Gasteiger partial charge on any atom is -0.464 e. The lowest BCUT2D eigenvalue weighted by Crippen LogP contribution is -2.44. The molecule has 1 aliphatic carbocycles. The second-order valence-corrected chi connectivity index (χ2v) is 7.32. The van der Waals surface area contributed by atoms with Gasteiger partial charge in [-0.2, -0.15) is 4.98 Å². The number of aryl methyl sites for hydroxylation is 1. The van der Waals surface area contributed by atoms with Gasteiger partial charge in [0.25, 0.3) is 0 Å². The van der Waals surface area contributed by atoms with Crippen molar-refractivity contribution in [3.8, 4) is 0 Å². The summed E-state index contributed by atoms with van der Waals surface area (Å²) >= 11 is 0. The van der Waals surface area contributed by atoms with Crippen LogP contribution in [0, 0.1) is 6.92 Å². The second kappa shape index (κ2) is 5.45. The van der Waals surface area contributed by atoms with Crippen LogP contribution in [0.5, 0.6) is 0 Å². The number of hydrogen-bond acceptors (Lipinski definition) is 5. The van der Waals surface area contributed by atoms with E-state index in [1.807, 2.05) is 0 Å². The quantitative estimate of drug-likeness (QED) is 0.778. The highest BCUT2D eigenvalue weighted by atomic mass is 16.5. The zero-order valence-electron chi connectivity index (χ0n) is 14.4. The Morgan fingerprint density at radius 2 is 2.08 bits per heavy atom. The molecule has 1 aliphatic rings. The molecule has 24 heavy (non-hydrogen) atoms. The molecule has 0 aliphatic heterocycles. The van der Waals surface area contributed by atoms with Gasteiger partial charge in [-0.15, -0.1) is 0 Å². The summed E-state index contributed by atoms with van der Waals surface area (Å²) in [5.41, 5.74) is 10.5. The fourth-order valence-electron chi connectivity index (χ4n) is 3.48. The van der Waals surface area contributed by atoms with Crippen LogP contribution < -0.4 is 5.73 Å². The first kappa shape index (κ1) is 15.4. The van der Waals surface area contributed by atoms with Crippen LogP contribution in [0.15, 0.2) is 27.3 Å². The van der Waals surface area contributed by atoms with E-state index < -0.39 is 0 Å². The first-order valence-electron chi connectivity index (χ1n) is 8.59. The molecule has 0 spiro atoms. The Morgan fingerprint density at radius 3 is 2.75 bits per heavy atom. The van der Waals surface area contributed by atoms with Gasteiger partial charge in [-0.3, -0.25) is 0 Å². The Kier molecular flexibility index (Phi) is 3.49. The molecule has 0 atom stereocenters. The van der Waals surface area contributed by atoms with Crippen LogP contribution in [0.4, 0.5) is 0 Å². The van der Waals surface area contributed by atoms with Gasteiger partial charge < -0.3 is 14.7 Å². The van der Waals surface area contributed by atoms with Gasteiger partial charge in [0, 0.05) is 10.9 Å². The molecule has 2 aromatic heterocycles. The summed E-state index contributed by atoms with van der Waals surface area (Å²) in [6, 6.07) is 4.33. The van der Waals surface area contributed by atoms with Gasteiger partial charge in [0.15, 0.2) is 5.82 Å². The number of furan rings is 1. The van der Waals surface area contributed by atoms with E-state index in [0.29, 0.717) is 24.1 Å². The largest absolute Gasteiger partial charge is 0.464 e. The zero-order chi connectivity index (χ0) is 16.9. The number of benzene rings is 1. The maximum Gasteiger partial charge on any atom is 0.231 e. The van der Waals surface area contributed by atoms with Crippen molar-refractivity contribution >= 4 is 11.0 Å². The van der Waals surface area contributed by atoms with Crippen LogP contribution in [0.3, 0.4) is 0 Å². The van der Waals surface area contributed by atoms with E-state index in [-0.39, 0.29) is 5.54 Å². The third-order valence-corrected chi connectivity index (χ3v) is 5.17. The lowest BCUT2D eigenvalue weighted by atomic mass is 9.77. The van der Waals surface area contributed by atoms with Crippen LogP contribution in [-0.4, -0.2) is 10.1 Å². The van der Waals surface area contributed by atoms with Crippen molar-refractivity contribution in [3.63, 3.8) is 0 Å². The van der Waals surface area contributed by atoms with E-state index in [9.17, 15) is 0 Å². The summed E-state index contributed by atoms with van der Waals surface area (Å²) in [6.45, 7) is 6.54. The topological polar surface area (TPSA) is 78.1 Å². The van der Waals surface area contributed by atoms with Gasteiger partial charge >= 0.3 is 0 Å². The fraction of sp³-hybridized carbons (Fsp3) is 0.474. The zero-order valence-corrected chi connectivity index (χ0v) is 14.4. The van der Waals surface area contributed by atoms with Gasteiger partial charge in [-0.25, -0.2) is 0 Å². The van der Waals surface area contributed by atoms with Gasteiger partial charge in [-0.05, 0) is 55.4 Å². The van der Waals surface area contributed by atoms with Crippen LogP contribution in [0.25, 0.3) is 11.0 Å². The van der Waals surface area contributed by atoms with Crippen LogP contribution in [0.2, 0.25) is 0 Å². The molecule has 0 unspecified atom stereocenters. The number of nitrogens with zero attached hydrogens (tertiary/aromatic N) is 2. The van der Waals surface area contributed by atoms with Gasteiger partial charge in [-0.1, -0.05) is 19.0 Å². The minimum atomic E-state index is -0.387. The molecule has 5 nitrogen and oxygen atoms in total. The second-order valence-electron chi connectivity index (χ2n) is 7.32. The summed E-state index contributed by atoms with van der Waals surface area (Å²) < 4.78 is 11.2. The third kappa shape index (κ3) is 2.44. The van der Waals surface area contributed by atoms with E-state index in [1.165, 1.54) is 11.1 Å². The summed E-state index contributed by atoms with van der Waals surface area (Å²) in [4.78, 5) is 4.52. The molecule has 4 rings (SSSR count). The molecule has 0 amide bonds. The average molecular weight is 325 g/mol. The Bertz CT molecular complexity index is 887. The van der Waals surface area contributed by atoms with E-state index in [1.54, 1.807) is 6.26 Å². The molecule has 1 saturated carbocycles. The molecule has 2 heterocycles. The number of fused-ring (bicyclic) bond motifs is 1. The molecule has 2 N–H and O–H groups in total. The lowest BCUT2D eigenvalue weighted by Gasteiger charge is -2.34. The average Bonchev–Trinajstić information content (AvgIpc) is 3.12. The molecular formula is C19H23N3O2.